The Kier molecular flexibility index (Phi) is 41.1. The minimum Gasteiger partial charge on any atom is -0.481 e. The topological polar surface area (TPSA) is 610 Å². The Morgan fingerprint density at radius 1 is 0.588 bits per heavy atom. The van der Waals surface area contributed by atoms with Gasteiger partial charge >= 0.3 is 11.9 Å². The van der Waals surface area contributed by atoms with Crippen molar-refractivity contribution in [1.29, 1.82) is 0 Å². The molecule has 0 aromatic heterocycles. The summed E-state index contributed by atoms with van der Waals surface area (Å²) in [5.74, 6) is -16.3. The number of allylic oxidation sites excluding steroid dienone is 2. The standard InChI is InChI=1S/C65H113N19O17S/c1-11-37(6)50-59(99)84-65(9,28-17-15-13-12-14-16-27-64(8,83-38(7)85)60(100)80-42(22-24-48(87)88)53(93)75-41(55(95)82-50)21-19-30-73-63(70)71)61(101)81-43(23-25-49(89)90)54(94)77-45(33-36(4)5)57(97)76-40(20-18-29-72-62(68)69)52(92)79-46(34-47(66)86)58(98)78-44(32-35(2)3)56(96)74-39(51(67)91)26-31-102-10/h12-13,35-37,39-46,50H,11,14-34H2,1-10H3,(H2,66,86)(H2,67,91)(H,74,96)(H,75,93)(H,76,97)(H,77,94)(H,78,98)(H,79,92)(H,80,100)(H,81,101)(H,82,95)(H,83,85)(H,84,99)(H,87,88)(H,89,90)(H4,68,69,72)(H4,70,71,73)/b13-12-/t37-,39-,40-,41-,42-,43-,44-,45-,46-,50-,64-,65-/m0/s1. The molecule has 102 heavy (non-hydrogen) atoms. The number of carboxylic acids is 2. The maximum atomic E-state index is 15.1. The number of hydrogen-bond donors (Lipinski definition) is 19. The smallest absolute Gasteiger partial charge is 0.303 e. The Bertz CT molecular complexity index is 2980. The summed E-state index contributed by atoms with van der Waals surface area (Å²) in [6.07, 6.45) is 3.04. The molecule has 1 aliphatic rings. The van der Waals surface area contributed by atoms with E-state index in [-0.39, 0.29) is 120 Å². The summed E-state index contributed by atoms with van der Waals surface area (Å²) in [5, 5.41) is 48.1. The maximum Gasteiger partial charge on any atom is 0.303 e. The molecule has 0 aromatic carbocycles. The molecule has 0 saturated carbocycles. The number of guanidine groups is 2. The highest BCUT2D eigenvalue weighted by molar-refractivity contribution is 7.98. The number of aliphatic carboxylic acids is 2. The fourth-order valence-corrected chi connectivity index (χ4v) is 11.2. The average molecular weight is 1460 g/mol. The van der Waals surface area contributed by atoms with Crippen molar-refractivity contribution in [2.24, 2.45) is 62.1 Å². The number of carboxylic acid groups (broad SMARTS) is 2. The first-order valence-electron chi connectivity index (χ1n) is 34.3. The minimum atomic E-state index is -1.99. The predicted molar refractivity (Wildman–Crippen MR) is 381 cm³/mol. The molecule has 25 N–H and O–H groups in total. The van der Waals surface area contributed by atoms with Crippen molar-refractivity contribution in [3.05, 3.63) is 12.2 Å². The molecule has 0 radical (unpaired) electrons. The maximum absolute atomic E-state index is 15.1. The summed E-state index contributed by atoms with van der Waals surface area (Å²) in [4.78, 5) is 214. The number of amides is 13. The lowest BCUT2D eigenvalue weighted by atomic mass is 9.90. The van der Waals surface area contributed by atoms with Crippen LogP contribution < -0.4 is 92.9 Å². The van der Waals surface area contributed by atoms with Gasteiger partial charge in [-0.2, -0.15) is 11.8 Å². The number of rotatable bonds is 39. The highest BCUT2D eigenvalue weighted by atomic mass is 32.2. The summed E-state index contributed by atoms with van der Waals surface area (Å²) in [5.41, 5.74) is 29.7. The Labute approximate surface area is 599 Å². The summed E-state index contributed by atoms with van der Waals surface area (Å²) in [7, 11) is 0. The van der Waals surface area contributed by atoms with Gasteiger partial charge in [-0.25, -0.2) is 0 Å². The van der Waals surface area contributed by atoms with Crippen molar-refractivity contribution in [3.63, 3.8) is 0 Å². The molecule has 0 unspecified atom stereocenters. The van der Waals surface area contributed by atoms with Gasteiger partial charge in [0, 0.05) is 32.9 Å². The van der Waals surface area contributed by atoms with E-state index in [9.17, 15) is 77.3 Å². The second kappa shape index (κ2) is 46.2. The van der Waals surface area contributed by atoms with E-state index in [1.54, 1.807) is 60.0 Å². The van der Waals surface area contributed by atoms with Gasteiger partial charge in [-0.3, -0.25) is 81.9 Å². The third-order valence-electron chi connectivity index (χ3n) is 16.6. The van der Waals surface area contributed by atoms with Crippen LogP contribution in [-0.4, -0.2) is 201 Å². The summed E-state index contributed by atoms with van der Waals surface area (Å²) in [6.45, 7) is 14.1. The number of primary amides is 2. The van der Waals surface area contributed by atoms with Gasteiger partial charge in [0.2, 0.25) is 76.8 Å². The number of nitrogens with one attached hydrogen (secondary N) is 11. The van der Waals surface area contributed by atoms with Gasteiger partial charge in [0.05, 0.1) is 6.42 Å². The lowest BCUT2D eigenvalue weighted by molar-refractivity contribution is -0.140. The van der Waals surface area contributed by atoms with Crippen LogP contribution in [0.3, 0.4) is 0 Å². The van der Waals surface area contributed by atoms with E-state index in [1.165, 1.54) is 32.5 Å². The van der Waals surface area contributed by atoms with Crippen LogP contribution in [0.15, 0.2) is 22.1 Å². The fourth-order valence-electron chi connectivity index (χ4n) is 10.8. The monoisotopic (exact) mass is 1460 g/mol. The zero-order valence-electron chi connectivity index (χ0n) is 60.4. The first kappa shape index (κ1) is 90.7. The number of carbonyl (C=O) groups excluding carboxylic acids is 13. The van der Waals surface area contributed by atoms with Crippen LogP contribution in [0.5, 0.6) is 0 Å². The van der Waals surface area contributed by atoms with Gasteiger partial charge in [-0.05, 0) is 140 Å². The van der Waals surface area contributed by atoms with Gasteiger partial charge in [0.1, 0.15) is 65.5 Å². The van der Waals surface area contributed by atoms with Crippen molar-refractivity contribution in [1.82, 2.24) is 58.5 Å². The average Bonchev–Trinajstić information content (AvgIpc) is 0.848. The van der Waals surface area contributed by atoms with E-state index in [0.29, 0.717) is 12.2 Å². The molecule has 0 aliphatic carbocycles. The molecular weight excluding hydrogens is 1350 g/mol. The van der Waals surface area contributed by atoms with Crippen molar-refractivity contribution < 1.29 is 82.1 Å². The number of aliphatic imine (C=N–C) groups is 2. The third kappa shape index (κ3) is 35.3. The predicted octanol–water partition coefficient (Wildman–Crippen LogP) is -2.88. The van der Waals surface area contributed by atoms with Crippen molar-refractivity contribution in [2.75, 3.05) is 25.1 Å². The summed E-state index contributed by atoms with van der Waals surface area (Å²) in [6, 6.07) is -13.6. The molecule has 1 heterocycles. The molecule has 12 atom stereocenters. The molecule has 0 fully saturated rings. The van der Waals surface area contributed by atoms with Crippen LogP contribution in [-0.2, 0) is 71.9 Å². The first-order valence-corrected chi connectivity index (χ1v) is 35.7. The van der Waals surface area contributed by atoms with Gasteiger partial charge in [0.15, 0.2) is 11.9 Å². The molecule has 1 aliphatic heterocycles. The molecule has 37 heteroatoms. The normalized spacial score (nSPS) is 21.0. The lowest BCUT2D eigenvalue weighted by Crippen LogP contribution is -2.65. The van der Waals surface area contributed by atoms with Crippen molar-refractivity contribution >= 4 is 112 Å². The summed E-state index contributed by atoms with van der Waals surface area (Å²) < 4.78 is 0. The minimum absolute atomic E-state index is 0.0118. The molecule has 36 nitrogen and oxygen atoms in total. The van der Waals surface area contributed by atoms with Gasteiger partial charge in [-0.15, -0.1) is 0 Å². The Hall–Kier alpha value is -9.32. The van der Waals surface area contributed by atoms with Gasteiger partial charge in [0.25, 0.3) is 0 Å². The highest BCUT2D eigenvalue weighted by Gasteiger charge is 2.43. The first-order chi connectivity index (χ1) is 47.7. The summed E-state index contributed by atoms with van der Waals surface area (Å²) >= 11 is 1.40. The van der Waals surface area contributed by atoms with E-state index in [4.69, 9.17) is 34.4 Å². The van der Waals surface area contributed by atoms with Crippen LogP contribution in [0.4, 0.5) is 0 Å². The Morgan fingerprint density at radius 3 is 1.55 bits per heavy atom. The van der Waals surface area contributed by atoms with E-state index >= 15 is 4.79 Å². The lowest BCUT2D eigenvalue weighted by Gasteiger charge is -2.35. The highest BCUT2D eigenvalue weighted by Crippen LogP contribution is 2.22. The molecule has 0 spiro atoms. The molecular formula is C65H113N19O17S. The molecule has 576 valence electrons. The number of thioether (sulfide) groups is 1. The van der Waals surface area contributed by atoms with Crippen LogP contribution in [0.1, 0.15) is 184 Å². The van der Waals surface area contributed by atoms with Crippen molar-refractivity contribution in [3.8, 4) is 0 Å². The third-order valence-corrected chi connectivity index (χ3v) is 17.2. The zero-order chi connectivity index (χ0) is 77.6. The second-order valence-electron chi connectivity index (χ2n) is 26.8. The van der Waals surface area contributed by atoms with E-state index in [2.05, 4.69) is 68.5 Å². The number of nitrogens with two attached hydrogens (primary N) is 6. The molecule has 13 amide bonds. The molecule has 0 saturated heterocycles. The van der Waals surface area contributed by atoms with E-state index in [0.717, 1.165) is 0 Å². The van der Waals surface area contributed by atoms with Crippen molar-refractivity contribution in [2.45, 2.75) is 250 Å². The quantitative estimate of drug-likeness (QED) is 0.0127. The van der Waals surface area contributed by atoms with Crippen LogP contribution in [0.25, 0.3) is 0 Å². The number of nitrogens with zero attached hydrogens (tertiary/aromatic N) is 2. The second-order valence-corrected chi connectivity index (χ2v) is 27.7. The number of hydrogen-bond acceptors (Lipinski definition) is 18. The van der Waals surface area contributed by atoms with Gasteiger partial charge < -0.3 is 103 Å². The van der Waals surface area contributed by atoms with E-state index in [1.807, 2.05) is 0 Å². The Morgan fingerprint density at radius 2 is 1.06 bits per heavy atom. The van der Waals surface area contributed by atoms with Crippen LogP contribution in [0.2, 0.25) is 0 Å². The van der Waals surface area contributed by atoms with Crippen LogP contribution >= 0.6 is 11.8 Å². The fraction of sp³-hybridized carbons (Fsp3) is 0.708. The molecule has 1 rings (SSSR count). The number of carbonyl (C=O) groups is 15. The van der Waals surface area contributed by atoms with Gasteiger partial charge in [-0.1, -0.05) is 60.1 Å². The Balaban J connectivity index is 4.03. The molecule has 0 bridgehead atoms. The SMILES string of the molecule is CC[C@H](C)[C@@H]1NC(=O)[C@H](CCCN=C(N)N)NC(=O)[C@H](CCC(=O)O)NC(=O)[C@@](C)(NC(C)=O)CCC/C=C\CCC[C@@](C)(C(=O)N[C@@H](CCC(=O)O)C(=O)N[C@@H](CC(C)C)C(=O)N[C@@H](CCCN=C(N)N)C(=O)N[C@@H](CC(N)=O)C(=O)N[C@@H](CC(C)C)C(=O)N[C@@H](CCSC)C(N)=O)NC1=O. The van der Waals surface area contributed by atoms with Crippen LogP contribution in [0, 0.1) is 17.8 Å². The largest absolute Gasteiger partial charge is 0.481 e. The zero-order valence-corrected chi connectivity index (χ0v) is 61.2. The van der Waals surface area contributed by atoms with E-state index < -0.39 is 192 Å². The molecule has 0 aromatic rings.